The van der Waals surface area contributed by atoms with Crippen molar-refractivity contribution in [2.75, 3.05) is 0 Å². The zero-order chi connectivity index (χ0) is 11.4. The lowest BCUT2D eigenvalue weighted by Gasteiger charge is -2.34. The van der Waals surface area contributed by atoms with Gasteiger partial charge in [-0.25, -0.2) is 0 Å². The Hall–Kier alpha value is -0.370. The molecular formula is C13H24O2. The van der Waals surface area contributed by atoms with Gasteiger partial charge in [-0.15, -0.1) is 0 Å². The molecule has 0 saturated heterocycles. The number of carbonyl (C=O) groups is 1. The van der Waals surface area contributed by atoms with Crippen LogP contribution in [0.15, 0.2) is 0 Å². The highest BCUT2D eigenvalue weighted by Crippen LogP contribution is 2.32. The zero-order valence-electron chi connectivity index (χ0n) is 10.5. The molecule has 4 unspecified atom stereocenters. The quantitative estimate of drug-likeness (QED) is 0.715. The Bertz CT molecular complexity index is 213. The van der Waals surface area contributed by atoms with Crippen LogP contribution >= 0.6 is 0 Å². The monoisotopic (exact) mass is 212 g/mol. The first kappa shape index (κ1) is 12.7. The van der Waals surface area contributed by atoms with E-state index >= 15 is 0 Å². The molecule has 0 heterocycles. The molecule has 0 spiro atoms. The van der Waals surface area contributed by atoms with Crippen LogP contribution in [0.5, 0.6) is 0 Å². The normalized spacial score (nSPS) is 33.7. The maximum atomic E-state index is 11.4. The molecule has 0 amide bonds. The summed E-state index contributed by atoms with van der Waals surface area (Å²) >= 11 is 0. The maximum absolute atomic E-state index is 11.4. The smallest absolute Gasteiger partial charge is 0.133 e. The van der Waals surface area contributed by atoms with Crippen LogP contribution in [0.25, 0.3) is 0 Å². The van der Waals surface area contributed by atoms with Crippen molar-refractivity contribution >= 4 is 5.78 Å². The van der Waals surface area contributed by atoms with Crippen molar-refractivity contribution in [1.82, 2.24) is 0 Å². The first-order valence-corrected chi connectivity index (χ1v) is 6.20. The lowest BCUT2D eigenvalue weighted by molar-refractivity contribution is -0.125. The van der Waals surface area contributed by atoms with Crippen LogP contribution in [0.1, 0.15) is 53.4 Å². The fourth-order valence-electron chi connectivity index (χ4n) is 2.50. The minimum atomic E-state index is 0.279. The average molecular weight is 212 g/mol. The molecule has 0 bridgehead atoms. The van der Waals surface area contributed by atoms with Crippen molar-refractivity contribution < 1.29 is 9.53 Å². The van der Waals surface area contributed by atoms with Gasteiger partial charge in [0.2, 0.25) is 0 Å². The van der Waals surface area contributed by atoms with Gasteiger partial charge >= 0.3 is 0 Å². The number of hydrogen-bond acceptors (Lipinski definition) is 2. The van der Waals surface area contributed by atoms with E-state index < -0.39 is 0 Å². The largest absolute Gasteiger partial charge is 0.375 e. The number of hydrogen-bond donors (Lipinski definition) is 0. The van der Waals surface area contributed by atoms with Gasteiger partial charge in [0, 0.05) is 5.92 Å². The molecule has 0 N–H and O–H groups in total. The number of Topliss-reactive ketones (excluding diaryl/α,β-unsaturated/α-hetero) is 1. The standard InChI is InChI=1S/C13H24O2/c1-5-10(3)15-12-6-7-13(11(4)14)9(2)8-12/h9-10,12-13H,5-8H2,1-4H3. The molecule has 2 nitrogen and oxygen atoms in total. The van der Waals surface area contributed by atoms with Crippen molar-refractivity contribution in [2.24, 2.45) is 11.8 Å². The van der Waals surface area contributed by atoms with Crippen LogP contribution in [0.4, 0.5) is 0 Å². The molecule has 0 aromatic heterocycles. The van der Waals surface area contributed by atoms with E-state index in [1.807, 2.05) is 0 Å². The van der Waals surface area contributed by atoms with Crippen molar-refractivity contribution in [3.05, 3.63) is 0 Å². The molecule has 4 atom stereocenters. The highest BCUT2D eigenvalue weighted by atomic mass is 16.5. The van der Waals surface area contributed by atoms with Crippen molar-refractivity contribution in [3.8, 4) is 0 Å². The molecule has 1 saturated carbocycles. The summed E-state index contributed by atoms with van der Waals surface area (Å²) in [6, 6.07) is 0. The second kappa shape index (κ2) is 5.64. The summed E-state index contributed by atoms with van der Waals surface area (Å²) in [5.41, 5.74) is 0. The van der Waals surface area contributed by atoms with E-state index in [0.717, 1.165) is 25.7 Å². The zero-order valence-corrected chi connectivity index (χ0v) is 10.5. The number of carbonyl (C=O) groups excluding carboxylic acids is 1. The van der Waals surface area contributed by atoms with E-state index in [4.69, 9.17) is 4.74 Å². The molecule has 0 aliphatic heterocycles. The Morgan fingerprint density at radius 1 is 1.47 bits per heavy atom. The molecule has 1 aliphatic rings. The highest BCUT2D eigenvalue weighted by Gasteiger charge is 2.31. The summed E-state index contributed by atoms with van der Waals surface area (Å²) in [6.07, 6.45) is 4.92. The molecular weight excluding hydrogens is 188 g/mol. The summed E-state index contributed by atoms with van der Waals surface area (Å²) < 4.78 is 5.93. The molecule has 15 heavy (non-hydrogen) atoms. The summed E-state index contributed by atoms with van der Waals surface area (Å²) in [7, 11) is 0. The molecule has 1 fully saturated rings. The molecule has 2 heteroatoms. The molecule has 0 aromatic carbocycles. The van der Waals surface area contributed by atoms with Gasteiger partial charge in [0.1, 0.15) is 5.78 Å². The lowest BCUT2D eigenvalue weighted by atomic mass is 9.77. The van der Waals surface area contributed by atoms with Gasteiger partial charge in [0.25, 0.3) is 0 Å². The van der Waals surface area contributed by atoms with Crippen molar-refractivity contribution in [2.45, 2.75) is 65.6 Å². The number of ether oxygens (including phenoxy) is 1. The minimum absolute atomic E-state index is 0.279. The number of ketones is 1. The van der Waals surface area contributed by atoms with Crippen molar-refractivity contribution in [1.29, 1.82) is 0 Å². The predicted molar refractivity (Wildman–Crippen MR) is 61.8 cm³/mol. The molecule has 1 aliphatic carbocycles. The van der Waals surface area contributed by atoms with Crippen LogP contribution in [0, 0.1) is 11.8 Å². The summed E-state index contributed by atoms with van der Waals surface area (Å²) in [4.78, 5) is 11.4. The Morgan fingerprint density at radius 2 is 2.13 bits per heavy atom. The first-order chi connectivity index (χ1) is 7.04. The Labute approximate surface area is 93.4 Å². The van der Waals surface area contributed by atoms with Gasteiger partial charge in [-0.05, 0) is 45.4 Å². The minimum Gasteiger partial charge on any atom is -0.375 e. The topological polar surface area (TPSA) is 26.3 Å². The third kappa shape index (κ3) is 3.60. The van der Waals surface area contributed by atoms with Crippen molar-refractivity contribution in [3.63, 3.8) is 0 Å². The fourth-order valence-corrected chi connectivity index (χ4v) is 2.50. The summed E-state index contributed by atoms with van der Waals surface area (Å²) in [5, 5.41) is 0. The van der Waals surface area contributed by atoms with E-state index in [2.05, 4.69) is 20.8 Å². The van der Waals surface area contributed by atoms with Gasteiger partial charge < -0.3 is 4.74 Å². The second-order valence-electron chi connectivity index (χ2n) is 4.98. The van der Waals surface area contributed by atoms with E-state index in [-0.39, 0.29) is 5.92 Å². The van der Waals surface area contributed by atoms with Crippen LogP contribution in [0.3, 0.4) is 0 Å². The predicted octanol–water partition coefficient (Wildman–Crippen LogP) is 3.20. The van der Waals surface area contributed by atoms with Crippen LogP contribution in [-0.4, -0.2) is 18.0 Å². The SMILES string of the molecule is CCC(C)OC1CCC(C(C)=O)C(C)C1. The Kier molecular flexibility index (Phi) is 4.78. The first-order valence-electron chi connectivity index (χ1n) is 6.20. The van der Waals surface area contributed by atoms with Gasteiger partial charge in [0.15, 0.2) is 0 Å². The Balaban J connectivity index is 2.40. The molecule has 1 rings (SSSR count). The second-order valence-corrected chi connectivity index (χ2v) is 4.98. The van der Waals surface area contributed by atoms with Gasteiger partial charge in [-0.2, -0.15) is 0 Å². The Morgan fingerprint density at radius 3 is 2.60 bits per heavy atom. The highest BCUT2D eigenvalue weighted by molar-refractivity contribution is 5.78. The van der Waals surface area contributed by atoms with Gasteiger partial charge in [0.05, 0.1) is 12.2 Å². The van der Waals surface area contributed by atoms with E-state index in [0.29, 0.717) is 23.9 Å². The van der Waals surface area contributed by atoms with Gasteiger partial charge in [-0.3, -0.25) is 4.79 Å². The summed E-state index contributed by atoms with van der Waals surface area (Å²) in [5.74, 6) is 1.12. The van der Waals surface area contributed by atoms with Crippen LogP contribution in [0.2, 0.25) is 0 Å². The van der Waals surface area contributed by atoms with Crippen LogP contribution in [-0.2, 0) is 9.53 Å². The molecule has 88 valence electrons. The number of rotatable bonds is 4. The molecule has 0 aromatic rings. The van der Waals surface area contributed by atoms with E-state index in [1.54, 1.807) is 6.92 Å². The van der Waals surface area contributed by atoms with E-state index in [9.17, 15) is 4.79 Å². The van der Waals surface area contributed by atoms with Gasteiger partial charge in [-0.1, -0.05) is 13.8 Å². The maximum Gasteiger partial charge on any atom is 0.133 e. The van der Waals surface area contributed by atoms with Crippen LogP contribution < -0.4 is 0 Å². The third-order valence-corrected chi connectivity index (χ3v) is 3.64. The fraction of sp³-hybridized carbons (Fsp3) is 0.923. The van der Waals surface area contributed by atoms with E-state index in [1.165, 1.54) is 0 Å². The molecule has 0 radical (unpaired) electrons. The lowest BCUT2D eigenvalue weighted by Crippen LogP contribution is -2.33. The average Bonchev–Trinajstić information content (AvgIpc) is 2.17. The third-order valence-electron chi connectivity index (χ3n) is 3.64. The summed E-state index contributed by atoms with van der Waals surface area (Å²) in [6.45, 7) is 8.17.